The molecular weight excluding hydrogens is 232 g/mol. The number of amides is 1. The Bertz CT molecular complexity index is 462. The van der Waals surface area contributed by atoms with Crippen molar-refractivity contribution in [3.05, 3.63) is 29.3 Å². The van der Waals surface area contributed by atoms with Crippen LogP contribution >= 0.6 is 11.8 Å². The van der Waals surface area contributed by atoms with Crippen molar-refractivity contribution in [3.8, 4) is 0 Å². The van der Waals surface area contributed by atoms with Gasteiger partial charge in [0.2, 0.25) is 5.91 Å². The molecule has 1 aliphatic heterocycles. The number of carbonyl (C=O) groups excluding carboxylic acids is 1. The average Bonchev–Trinajstić information content (AvgIpc) is 2.64. The van der Waals surface area contributed by atoms with E-state index in [1.54, 1.807) is 4.90 Å². The number of hydrogen-bond acceptors (Lipinski definition) is 3. The lowest BCUT2D eigenvalue weighted by atomic mass is 10.1. The summed E-state index contributed by atoms with van der Waals surface area (Å²) in [6.45, 7) is 6.76. The standard InChI is InChI=1S/C13H16N2OS/c1-4-15-11(16)8-17-13(15)14-12-9(2)6-5-7-10(12)3/h5-7H,4,8H2,1-3H3. The van der Waals surface area contributed by atoms with Crippen LogP contribution < -0.4 is 0 Å². The van der Waals surface area contributed by atoms with Crippen molar-refractivity contribution in [1.82, 2.24) is 4.90 Å². The lowest BCUT2D eigenvalue weighted by Crippen LogP contribution is -2.28. The molecule has 3 nitrogen and oxygen atoms in total. The van der Waals surface area contributed by atoms with E-state index in [0.29, 0.717) is 12.3 Å². The van der Waals surface area contributed by atoms with Crippen LogP contribution in [0, 0.1) is 13.8 Å². The number of para-hydroxylation sites is 1. The number of amidine groups is 1. The maximum atomic E-state index is 11.6. The van der Waals surface area contributed by atoms with Crippen LogP contribution in [0.25, 0.3) is 0 Å². The Morgan fingerprint density at radius 1 is 1.35 bits per heavy atom. The second-order valence-electron chi connectivity index (χ2n) is 4.06. The van der Waals surface area contributed by atoms with Crippen molar-refractivity contribution in [3.63, 3.8) is 0 Å². The lowest BCUT2D eigenvalue weighted by Gasteiger charge is -2.13. The molecule has 1 amide bonds. The van der Waals surface area contributed by atoms with Gasteiger partial charge in [-0.15, -0.1) is 0 Å². The molecular formula is C13H16N2OS. The van der Waals surface area contributed by atoms with Crippen LogP contribution in [0.15, 0.2) is 23.2 Å². The van der Waals surface area contributed by atoms with Crippen LogP contribution in [0.3, 0.4) is 0 Å². The molecule has 2 rings (SSSR count). The molecule has 0 N–H and O–H groups in total. The molecule has 1 saturated heterocycles. The van der Waals surface area contributed by atoms with Gasteiger partial charge in [0.15, 0.2) is 5.17 Å². The average molecular weight is 248 g/mol. The molecule has 1 fully saturated rings. The molecule has 1 heterocycles. The van der Waals surface area contributed by atoms with Gasteiger partial charge in [-0.1, -0.05) is 30.0 Å². The monoisotopic (exact) mass is 248 g/mol. The van der Waals surface area contributed by atoms with Crippen molar-refractivity contribution in [2.75, 3.05) is 12.3 Å². The topological polar surface area (TPSA) is 32.7 Å². The Hall–Kier alpha value is -1.29. The molecule has 0 aliphatic carbocycles. The Morgan fingerprint density at radius 2 is 2.00 bits per heavy atom. The highest BCUT2D eigenvalue weighted by molar-refractivity contribution is 8.15. The van der Waals surface area contributed by atoms with E-state index in [-0.39, 0.29) is 5.91 Å². The summed E-state index contributed by atoms with van der Waals surface area (Å²) in [5, 5.41) is 0.829. The molecule has 1 aromatic rings. The molecule has 0 unspecified atom stereocenters. The number of nitrogens with zero attached hydrogens (tertiary/aromatic N) is 2. The fourth-order valence-electron chi connectivity index (χ4n) is 1.87. The van der Waals surface area contributed by atoms with Crippen LogP contribution in [0.1, 0.15) is 18.1 Å². The molecule has 1 aromatic carbocycles. The number of benzene rings is 1. The minimum Gasteiger partial charge on any atom is -0.291 e. The molecule has 90 valence electrons. The zero-order chi connectivity index (χ0) is 12.4. The molecule has 1 aliphatic rings. The number of thioether (sulfide) groups is 1. The highest BCUT2D eigenvalue weighted by atomic mass is 32.2. The van der Waals surface area contributed by atoms with E-state index < -0.39 is 0 Å². The Labute approximate surface area is 106 Å². The number of hydrogen-bond donors (Lipinski definition) is 0. The van der Waals surface area contributed by atoms with Gasteiger partial charge in [0, 0.05) is 6.54 Å². The molecule has 17 heavy (non-hydrogen) atoms. The highest BCUT2D eigenvalue weighted by Gasteiger charge is 2.26. The minimum absolute atomic E-state index is 0.155. The van der Waals surface area contributed by atoms with Crippen LogP contribution in [-0.4, -0.2) is 28.3 Å². The Balaban J connectivity index is 2.39. The van der Waals surface area contributed by atoms with E-state index in [9.17, 15) is 4.79 Å². The van der Waals surface area contributed by atoms with Gasteiger partial charge < -0.3 is 0 Å². The first kappa shape index (κ1) is 12.2. The van der Waals surface area contributed by atoms with Gasteiger partial charge in [-0.3, -0.25) is 9.69 Å². The van der Waals surface area contributed by atoms with Crippen molar-refractivity contribution in [2.24, 2.45) is 4.99 Å². The summed E-state index contributed by atoms with van der Waals surface area (Å²) in [6.07, 6.45) is 0. The first-order chi connectivity index (χ1) is 8.13. The predicted molar refractivity (Wildman–Crippen MR) is 72.9 cm³/mol. The first-order valence-corrected chi connectivity index (χ1v) is 6.70. The van der Waals surface area contributed by atoms with E-state index in [0.717, 1.165) is 22.0 Å². The SMILES string of the molecule is CCN1C(=O)CSC1=Nc1c(C)cccc1C. The van der Waals surface area contributed by atoms with Crippen LogP contribution in [-0.2, 0) is 4.79 Å². The van der Waals surface area contributed by atoms with Gasteiger partial charge in [0.25, 0.3) is 0 Å². The van der Waals surface area contributed by atoms with Gasteiger partial charge in [-0.2, -0.15) is 0 Å². The summed E-state index contributed by atoms with van der Waals surface area (Å²) in [4.78, 5) is 18.0. The fourth-order valence-corrected chi connectivity index (χ4v) is 2.82. The van der Waals surface area contributed by atoms with Crippen molar-refractivity contribution >= 4 is 28.5 Å². The highest BCUT2D eigenvalue weighted by Crippen LogP contribution is 2.28. The smallest absolute Gasteiger partial charge is 0.239 e. The van der Waals surface area contributed by atoms with E-state index >= 15 is 0 Å². The Morgan fingerprint density at radius 3 is 2.59 bits per heavy atom. The maximum absolute atomic E-state index is 11.6. The summed E-state index contributed by atoms with van der Waals surface area (Å²) in [5.74, 6) is 0.667. The van der Waals surface area contributed by atoms with Gasteiger partial charge >= 0.3 is 0 Å². The van der Waals surface area contributed by atoms with E-state index in [1.807, 2.05) is 39.0 Å². The summed E-state index contributed by atoms with van der Waals surface area (Å²) in [6, 6.07) is 6.12. The van der Waals surface area contributed by atoms with Crippen molar-refractivity contribution in [1.29, 1.82) is 0 Å². The van der Waals surface area contributed by atoms with Crippen LogP contribution in [0.4, 0.5) is 5.69 Å². The fraction of sp³-hybridized carbons (Fsp3) is 0.385. The third kappa shape index (κ3) is 2.36. The molecule has 0 radical (unpaired) electrons. The largest absolute Gasteiger partial charge is 0.291 e. The minimum atomic E-state index is 0.155. The zero-order valence-corrected chi connectivity index (χ0v) is 11.2. The van der Waals surface area contributed by atoms with Crippen LogP contribution in [0.5, 0.6) is 0 Å². The third-order valence-electron chi connectivity index (χ3n) is 2.82. The zero-order valence-electron chi connectivity index (χ0n) is 10.4. The maximum Gasteiger partial charge on any atom is 0.239 e. The molecule has 0 saturated carbocycles. The number of rotatable bonds is 2. The molecule has 0 aromatic heterocycles. The van der Waals surface area contributed by atoms with Gasteiger partial charge in [0.05, 0.1) is 11.4 Å². The van der Waals surface area contributed by atoms with E-state index in [4.69, 9.17) is 0 Å². The van der Waals surface area contributed by atoms with Gasteiger partial charge in [-0.05, 0) is 31.9 Å². The van der Waals surface area contributed by atoms with Crippen molar-refractivity contribution in [2.45, 2.75) is 20.8 Å². The third-order valence-corrected chi connectivity index (χ3v) is 3.78. The first-order valence-electron chi connectivity index (χ1n) is 5.71. The van der Waals surface area contributed by atoms with E-state index in [2.05, 4.69) is 4.99 Å². The Kier molecular flexibility index (Phi) is 3.52. The quantitative estimate of drug-likeness (QED) is 0.806. The predicted octanol–water partition coefficient (Wildman–Crippen LogP) is 2.89. The van der Waals surface area contributed by atoms with Gasteiger partial charge in [-0.25, -0.2) is 4.99 Å². The number of aryl methyl sites for hydroxylation is 2. The summed E-state index contributed by atoms with van der Waals surface area (Å²) in [7, 11) is 0. The molecule has 0 atom stereocenters. The summed E-state index contributed by atoms with van der Waals surface area (Å²) in [5.41, 5.74) is 3.28. The van der Waals surface area contributed by atoms with Gasteiger partial charge in [0.1, 0.15) is 0 Å². The lowest BCUT2D eigenvalue weighted by molar-refractivity contribution is -0.123. The van der Waals surface area contributed by atoms with Crippen molar-refractivity contribution < 1.29 is 4.79 Å². The molecule has 0 spiro atoms. The number of aliphatic imine (C=N–C) groups is 1. The van der Waals surface area contributed by atoms with Crippen LogP contribution in [0.2, 0.25) is 0 Å². The normalized spacial score (nSPS) is 18.2. The summed E-state index contributed by atoms with van der Waals surface area (Å²) >= 11 is 1.52. The second-order valence-corrected chi connectivity index (χ2v) is 5.00. The van der Waals surface area contributed by atoms with E-state index in [1.165, 1.54) is 11.8 Å². The number of carbonyl (C=O) groups is 1. The molecule has 0 bridgehead atoms. The second kappa shape index (κ2) is 4.92. The molecule has 4 heteroatoms. The summed E-state index contributed by atoms with van der Waals surface area (Å²) < 4.78 is 0.